The quantitative estimate of drug-likeness (QED) is 0.593. The van der Waals surface area contributed by atoms with Crippen molar-refractivity contribution in [3.05, 3.63) is 29.5 Å². The number of nitrogens with zero attached hydrogens (tertiary/aromatic N) is 5. The molecule has 3 aromatic rings. The van der Waals surface area contributed by atoms with Gasteiger partial charge in [-0.3, -0.25) is 9.59 Å². The Morgan fingerprint density at radius 2 is 1.91 bits per heavy atom. The number of amides is 2. The van der Waals surface area contributed by atoms with Crippen molar-refractivity contribution in [3.63, 3.8) is 0 Å². The number of nitrogens with one attached hydrogen (secondary N) is 2. The molecule has 1 saturated heterocycles. The van der Waals surface area contributed by atoms with E-state index in [1.807, 2.05) is 51.1 Å². The molecule has 4 heterocycles. The number of anilines is 1. The molecule has 2 amide bonds. The SMILES string of the molecule is CC(C)C(=O)NC1CCN(C(=O)c2cc(NC(C)(C)C)nc(-c3cnn4ccsc34)n2)CC1. The molecule has 176 valence electrons. The fraction of sp³-hybridized carbons (Fsp3) is 0.522. The van der Waals surface area contributed by atoms with E-state index in [2.05, 4.69) is 20.7 Å². The minimum atomic E-state index is -0.226. The molecule has 0 spiro atoms. The van der Waals surface area contributed by atoms with E-state index in [-0.39, 0.29) is 29.3 Å². The summed E-state index contributed by atoms with van der Waals surface area (Å²) in [5.74, 6) is 0.962. The predicted octanol–water partition coefficient (Wildman–Crippen LogP) is 3.44. The fourth-order valence-electron chi connectivity index (χ4n) is 3.76. The molecule has 10 heteroatoms. The van der Waals surface area contributed by atoms with Crippen LogP contribution in [0.3, 0.4) is 0 Å². The summed E-state index contributed by atoms with van der Waals surface area (Å²) in [6.07, 6.45) is 5.08. The molecule has 0 bridgehead atoms. The molecular formula is C23H31N7O2S. The van der Waals surface area contributed by atoms with Gasteiger partial charge in [-0.05, 0) is 33.6 Å². The van der Waals surface area contributed by atoms with Gasteiger partial charge in [0.1, 0.15) is 16.3 Å². The van der Waals surface area contributed by atoms with Crippen molar-refractivity contribution in [1.82, 2.24) is 29.8 Å². The number of aromatic nitrogens is 4. The fourth-order valence-corrected chi connectivity index (χ4v) is 4.55. The zero-order valence-corrected chi connectivity index (χ0v) is 20.6. The van der Waals surface area contributed by atoms with Crippen molar-refractivity contribution in [3.8, 4) is 11.4 Å². The Kier molecular flexibility index (Phi) is 6.38. The van der Waals surface area contributed by atoms with E-state index in [0.29, 0.717) is 30.4 Å². The molecule has 0 atom stereocenters. The van der Waals surface area contributed by atoms with Crippen LogP contribution < -0.4 is 10.6 Å². The zero-order valence-electron chi connectivity index (χ0n) is 19.8. The molecule has 4 rings (SSSR count). The van der Waals surface area contributed by atoms with Crippen LogP contribution in [-0.4, -0.2) is 61.0 Å². The number of thiazole rings is 1. The van der Waals surface area contributed by atoms with Gasteiger partial charge in [0, 0.05) is 48.2 Å². The molecule has 0 saturated carbocycles. The van der Waals surface area contributed by atoms with Crippen molar-refractivity contribution in [2.45, 2.75) is 59.0 Å². The maximum absolute atomic E-state index is 13.4. The highest BCUT2D eigenvalue weighted by atomic mass is 32.1. The monoisotopic (exact) mass is 469 g/mol. The summed E-state index contributed by atoms with van der Waals surface area (Å²) in [5, 5.41) is 12.8. The molecule has 1 fully saturated rings. The van der Waals surface area contributed by atoms with Crippen molar-refractivity contribution in [2.24, 2.45) is 5.92 Å². The van der Waals surface area contributed by atoms with Crippen LogP contribution in [0.25, 0.3) is 16.2 Å². The second-order valence-electron chi connectivity index (χ2n) is 9.78. The molecule has 2 N–H and O–H groups in total. The summed E-state index contributed by atoms with van der Waals surface area (Å²) < 4.78 is 1.78. The van der Waals surface area contributed by atoms with Crippen LogP contribution in [0, 0.1) is 5.92 Å². The van der Waals surface area contributed by atoms with Gasteiger partial charge in [-0.1, -0.05) is 13.8 Å². The Hall–Kier alpha value is -3.01. The minimum Gasteiger partial charge on any atom is -0.365 e. The molecule has 1 aliphatic rings. The lowest BCUT2D eigenvalue weighted by atomic mass is 10.0. The molecule has 0 aliphatic carbocycles. The third-order valence-electron chi connectivity index (χ3n) is 5.47. The normalized spacial score (nSPS) is 15.3. The number of hydrogen-bond donors (Lipinski definition) is 2. The number of fused-ring (bicyclic) bond motifs is 1. The lowest BCUT2D eigenvalue weighted by Crippen LogP contribution is -2.47. The van der Waals surface area contributed by atoms with Crippen LogP contribution >= 0.6 is 11.3 Å². The lowest BCUT2D eigenvalue weighted by Gasteiger charge is -2.32. The highest BCUT2D eigenvalue weighted by Crippen LogP contribution is 2.27. The molecule has 0 radical (unpaired) electrons. The molecule has 0 unspecified atom stereocenters. The van der Waals surface area contributed by atoms with Gasteiger partial charge >= 0.3 is 0 Å². The smallest absolute Gasteiger partial charge is 0.272 e. The van der Waals surface area contributed by atoms with E-state index in [1.54, 1.807) is 28.1 Å². The van der Waals surface area contributed by atoms with Crippen LogP contribution in [-0.2, 0) is 4.79 Å². The van der Waals surface area contributed by atoms with Crippen LogP contribution in [0.1, 0.15) is 57.9 Å². The summed E-state index contributed by atoms with van der Waals surface area (Å²) in [4.78, 5) is 37.5. The van der Waals surface area contributed by atoms with Gasteiger partial charge in [0.15, 0.2) is 5.82 Å². The Morgan fingerprint density at radius 1 is 1.18 bits per heavy atom. The molecule has 1 aliphatic heterocycles. The van der Waals surface area contributed by atoms with Gasteiger partial charge in [-0.2, -0.15) is 5.10 Å². The van der Waals surface area contributed by atoms with Crippen LogP contribution in [0.15, 0.2) is 23.8 Å². The van der Waals surface area contributed by atoms with Gasteiger partial charge in [-0.15, -0.1) is 11.3 Å². The summed E-state index contributed by atoms with van der Waals surface area (Å²) in [6.45, 7) is 11.1. The summed E-state index contributed by atoms with van der Waals surface area (Å²) in [5.41, 5.74) is 0.926. The van der Waals surface area contributed by atoms with Crippen LogP contribution in [0.5, 0.6) is 0 Å². The second kappa shape index (κ2) is 9.09. The molecular weight excluding hydrogens is 438 g/mol. The van der Waals surface area contributed by atoms with Gasteiger partial charge < -0.3 is 15.5 Å². The van der Waals surface area contributed by atoms with E-state index in [1.165, 1.54) is 0 Å². The average molecular weight is 470 g/mol. The third kappa shape index (κ3) is 5.32. The Bertz CT molecular complexity index is 1150. The Morgan fingerprint density at radius 3 is 2.58 bits per heavy atom. The van der Waals surface area contributed by atoms with Crippen molar-refractivity contribution >= 4 is 33.8 Å². The summed E-state index contributed by atoms with van der Waals surface area (Å²) >= 11 is 1.55. The highest BCUT2D eigenvalue weighted by Gasteiger charge is 2.27. The van der Waals surface area contributed by atoms with Gasteiger partial charge in [0.2, 0.25) is 5.91 Å². The number of carbonyl (C=O) groups is 2. The zero-order chi connectivity index (χ0) is 23.8. The number of hydrogen-bond acceptors (Lipinski definition) is 7. The average Bonchev–Trinajstić information content (AvgIpc) is 3.36. The largest absolute Gasteiger partial charge is 0.365 e. The summed E-state index contributed by atoms with van der Waals surface area (Å²) in [6, 6.07) is 1.82. The van der Waals surface area contributed by atoms with Crippen molar-refractivity contribution in [2.75, 3.05) is 18.4 Å². The first kappa shape index (κ1) is 23.2. The molecule has 9 nitrogen and oxygen atoms in total. The van der Waals surface area contributed by atoms with Crippen LogP contribution in [0.4, 0.5) is 5.82 Å². The molecule has 3 aromatic heterocycles. The first-order valence-electron chi connectivity index (χ1n) is 11.3. The first-order valence-corrected chi connectivity index (χ1v) is 12.2. The van der Waals surface area contributed by atoms with E-state index in [0.717, 1.165) is 23.2 Å². The minimum absolute atomic E-state index is 0.0449. The second-order valence-corrected chi connectivity index (χ2v) is 10.7. The van der Waals surface area contributed by atoms with E-state index >= 15 is 0 Å². The molecule has 0 aromatic carbocycles. The first-order chi connectivity index (χ1) is 15.6. The number of piperidine rings is 1. The van der Waals surface area contributed by atoms with Crippen molar-refractivity contribution in [1.29, 1.82) is 0 Å². The number of likely N-dealkylation sites (tertiary alicyclic amines) is 1. The maximum Gasteiger partial charge on any atom is 0.272 e. The van der Waals surface area contributed by atoms with Gasteiger partial charge in [-0.25, -0.2) is 14.5 Å². The van der Waals surface area contributed by atoms with Crippen LogP contribution in [0.2, 0.25) is 0 Å². The molecule has 33 heavy (non-hydrogen) atoms. The Balaban J connectivity index is 1.58. The number of carbonyl (C=O) groups excluding carboxylic acids is 2. The van der Waals surface area contributed by atoms with E-state index in [4.69, 9.17) is 4.98 Å². The van der Waals surface area contributed by atoms with E-state index < -0.39 is 0 Å². The number of rotatable bonds is 5. The maximum atomic E-state index is 13.4. The van der Waals surface area contributed by atoms with Gasteiger partial charge in [0.25, 0.3) is 5.91 Å². The van der Waals surface area contributed by atoms with Crippen molar-refractivity contribution < 1.29 is 9.59 Å². The predicted molar refractivity (Wildman–Crippen MR) is 129 cm³/mol. The standard InChI is InChI=1S/C23H31N7O2S/c1-14(2)20(31)25-15-6-8-29(9-7-15)21(32)17-12-18(28-23(3,4)5)27-19(26-17)16-13-24-30-10-11-33-22(16)30/h10-15H,6-9H2,1-5H3,(H,25,31)(H,26,27,28). The van der Waals surface area contributed by atoms with Gasteiger partial charge in [0.05, 0.1) is 11.8 Å². The lowest BCUT2D eigenvalue weighted by molar-refractivity contribution is -0.124. The highest BCUT2D eigenvalue weighted by molar-refractivity contribution is 7.16. The summed E-state index contributed by atoms with van der Waals surface area (Å²) in [7, 11) is 0. The van der Waals surface area contributed by atoms with E-state index in [9.17, 15) is 9.59 Å². The topological polar surface area (TPSA) is 105 Å². The third-order valence-corrected chi connectivity index (χ3v) is 6.36. The Labute approximate surface area is 197 Å².